The third-order valence-electron chi connectivity index (χ3n) is 2.26. The summed E-state index contributed by atoms with van der Waals surface area (Å²) in [7, 11) is -2.32. The smallest absolute Gasteiger partial charge is 0.304 e. The third kappa shape index (κ3) is 4.78. The Morgan fingerprint density at radius 2 is 2.06 bits per heavy atom. The van der Waals surface area contributed by atoms with E-state index in [1.54, 1.807) is 24.5 Å². The van der Waals surface area contributed by atoms with Crippen molar-refractivity contribution in [1.29, 1.82) is 0 Å². The van der Waals surface area contributed by atoms with Crippen LogP contribution in [0.25, 0.3) is 0 Å². The average molecular weight is 273 g/mol. The van der Waals surface area contributed by atoms with Crippen LogP contribution in [0.2, 0.25) is 0 Å². The van der Waals surface area contributed by atoms with E-state index in [0.717, 1.165) is 9.87 Å². The molecule has 2 N–H and O–H groups in total. The number of pyridine rings is 1. The first-order chi connectivity index (χ1) is 8.42. The predicted octanol–water partition coefficient (Wildman–Crippen LogP) is -0.177. The van der Waals surface area contributed by atoms with Crippen LogP contribution in [0.4, 0.5) is 0 Å². The molecule has 0 aliphatic heterocycles. The Balaban J connectivity index is 2.51. The molecular weight excluding hydrogens is 258 g/mol. The lowest BCUT2D eigenvalue weighted by molar-refractivity contribution is -0.137. The molecule has 0 aromatic carbocycles. The molecule has 18 heavy (non-hydrogen) atoms. The number of aromatic nitrogens is 1. The van der Waals surface area contributed by atoms with Gasteiger partial charge in [-0.15, -0.1) is 0 Å². The minimum Gasteiger partial charge on any atom is -0.481 e. The Labute approximate surface area is 106 Å². The van der Waals surface area contributed by atoms with Gasteiger partial charge in [-0.05, 0) is 17.7 Å². The number of hydrogen-bond donors (Lipinski definition) is 2. The fourth-order valence-corrected chi connectivity index (χ4v) is 2.06. The molecule has 0 atom stereocenters. The highest BCUT2D eigenvalue weighted by Crippen LogP contribution is 2.00. The Hall–Kier alpha value is -1.51. The molecule has 1 aromatic heterocycles. The third-order valence-corrected chi connectivity index (χ3v) is 3.77. The first kappa shape index (κ1) is 14.6. The van der Waals surface area contributed by atoms with Gasteiger partial charge in [-0.1, -0.05) is 0 Å². The maximum Gasteiger partial charge on any atom is 0.304 e. The summed E-state index contributed by atoms with van der Waals surface area (Å²) in [6.45, 7) is 0.0727. The molecule has 0 amide bonds. The number of nitrogens with zero attached hydrogens (tertiary/aromatic N) is 2. The van der Waals surface area contributed by atoms with Crippen molar-refractivity contribution < 1.29 is 18.3 Å². The van der Waals surface area contributed by atoms with Crippen molar-refractivity contribution in [2.75, 3.05) is 13.6 Å². The van der Waals surface area contributed by atoms with Crippen molar-refractivity contribution >= 4 is 16.2 Å². The molecule has 0 radical (unpaired) electrons. The number of carboxylic acid groups (broad SMARTS) is 1. The van der Waals surface area contributed by atoms with Crippen molar-refractivity contribution in [3.05, 3.63) is 30.1 Å². The van der Waals surface area contributed by atoms with E-state index in [1.165, 1.54) is 7.05 Å². The van der Waals surface area contributed by atoms with Crippen molar-refractivity contribution in [1.82, 2.24) is 14.0 Å². The zero-order chi connectivity index (χ0) is 13.6. The first-order valence-corrected chi connectivity index (χ1v) is 6.67. The molecular formula is C10H15N3O4S. The van der Waals surface area contributed by atoms with E-state index >= 15 is 0 Å². The molecule has 1 rings (SSSR count). The van der Waals surface area contributed by atoms with E-state index < -0.39 is 16.2 Å². The second-order valence-electron chi connectivity index (χ2n) is 3.65. The lowest BCUT2D eigenvalue weighted by Crippen LogP contribution is -2.38. The van der Waals surface area contributed by atoms with Crippen LogP contribution in [0.5, 0.6) is 0 Å². The molecule has 0 bridgehead atoms. The van der Waals surface area contributed by atoms with Crippen molar-refractivity contribution in [2.24, 2.45) is 0 Å². The van der Waals surface area contributed by atoms with Gasteiger partial charge in [0, 0.05) is 32.5 Å². The quantitative estimate of drug-likeness (QED) is 0.718. The fraction of sp³-hybridized carbons (Fsp3) is 0.400. The molecule has 8 heteroatoms. The zero-order valence-corrected chi connectivity index (χ0v) is 10.7. The lowest BCUT2D eigenvalue weighted by atomic mass is 10.3. The van der Waals surface area contributed by atoms with E-state index in [4.69, 9.17) is 5.11 Å². The van der Waals surface area contributed by atoms with Gasteiger partial charge in [0.25, 0.3) is 10.2 Å². The molecule has 7 nitrogen and oxygen atoms in total. The summed E-state index contributed by atoms with van der Waals surface area (Å²) in [6, 6.07) is 3.39. The lowest BCUT2D eigenvalue weighted by Gasteiger charge is -2.16. The Kier molecular flexibility index (Phi) is 5.20. The van der Waals surface area contributed by atoms with Gasteiger partial charge in [-0.25, -0.2) is 0 Å². The summed E-state index contributed by atoms with van der Waals surface area (Å²) in [4.78, 5) is 14.2. The summed E-state index contributed by atoms with van der Waals surface area (Å²) in [5, 5.41) is 8.49. The monoisotopic (exact) mass is 273 g/mol. The Morgan fingerprint density at radius 3 is 2.61 bits per heavy atom. The maximum atomic E-state index is 11.7. The molecule has 1 aromatic rings. The standard InChI is InChI=1S/C10H15N3O4S/c1-13(7-4-10(14)15)18(16,17)12-8-9-2-5-11-6-3-9/h2-3,5-6,12H,4,7-8H2,1H3,(H,14,15). The van der Waals surface area contributed by atoms with Gasteiger partial charge in [0.1, 0.15) is 0 Å². The van der Waals surface area contributed by atoms with Crippen molar-refractivity contribution in [2.45, 2.75) is 13.0 Å². The van der Waals surface area contributed by atoms with E-state index in [2.05, 4.69) is 9.71 Å². The Bertz CT molecular complexity index is 489. The van der Waals surface area contributed by atoms with Crippen LogP contribution in [0.15, 0.2) is 24.5 Å². The highest BCUT2D eigenvalue weighted by molar-refractivity contribution is 7.87. The van der Waals surface area contributed by atoms with Gasteiger partial charge in [0.2, 0.25) is 0 Å². The fourth-order valence-electron chi connectivity index (χ4n) is 1.16. The number of carboxylic acids is 1. The highest BCUT2D eigenvalue weighted by atomic mass is 32.2. The van der Waals surface area contributed by atoms with E-state index in [9.17, 15) is 13.2 Å². The summed E-state index contributed by atoms with van der Waals surface area (Å²) >= 11 is 0. The Morgan fingerprint density at radius 1 is 1.44 bits per heavy atom. The minimum atomic E-state index is -3.65. The SMILES string of the molecule is CN(CCC(=O)O)S(=O)(=O)NCc1ccncc1. The van der Waals surface area contributed by atoms with Crippen LogP contribution in [0.1, 0.15) is 12.0 Å². The number of rotatable bonds is 7. The van der Waals surface area contributed by atoms with Crippen molar-refractivity contribution in [3.8, 4) is 0 Å². The van der Waals surface area contributed by atoms with Gasteiger partial charge < -0.3 is 5.11 Å². The summed E-state index contributed by atoms with van der Waals surface area (Å²) in [6.07, 6.45) is 2.90. The molecule has 0 spiro atoms. The van der Waals surface area contributed by atoms with E-state index in [1.807, 2.05) is 0 Å². The van der Waals surface area contributed by atoms with Crippen LogP contribution in [-0.4, -0.2) is 42.4 Å². The first-order valence-electron chi connectivity index (χ1n) is 5.23. The van der Waals surface area contributed by atoms with Gasteiger partial charge in [-0.2, -0.15) is 17.4 Å². The molecule has 100 valence electrons. The highest BCUT2D eigenvalue weighted by Gasteiger charge is 2.17. The van der Waals surface area contributed by atoms with Gasteiger partial charge in [0.15, 0.2) is 0 Å². The molecule has 1 heterocycles. The van der Waals surface area contributed by atoms with Crippen LogP contribution in [0, 0.1) is 0 Å². The molecule has 0 aliphatic rings. The van der Waals surface area contributed by atoms with Crippen LogP contribution >= 0.6 is 0 Å². The van der Waals surface area contributed by atoms with Crippen LogP contribution in [-0.2, 0) is 21.5 Å². The number of aliphatic carboxylic acids is 1. The van der Waals surface area contributed by atoms with Crippen LogP contribution in [0.3, 0.4) is 0 Å². The second kappa shape index (κ2) is 6.43. The maximum absolute atomic E-state index is 11.7. The number of hydrogen-bond acceptors (Lipinski definition) is 4. The summed E-state index contributed by atoms with van der Waals surface area (Å²) < 4.78 is 26.8. The van der Waals surface area contributed by atoms with Gasteiger partial charge >= 0.3 is 5.97 Å². The number of carbonyl (C=O) groups is 1. The normalized spacial score (nSPS) is 11.7. The molecule has 0 unspecified atom stereocenters. The molecule has 0 saturated heterocycles. The van der Waals surface area contributed by atoms with Gasteiger partial charge in [-0.3, -0.25) is 9.78 Å². The largest absolute Gasteiger partial charge is 0.481 e. The van der Waals surface area contributed by atoms with Crippen molar-refractivity contribution in [3.63, 3.8) is 0 Å². The molecule has 0 aliphatic carbocycles. The van der Waals surface area contributed by atoms with Gasteiger partial charge in [0.05, 0.1) is 6.42 Å². The second-order valence-corrected chi connectivity index (χ2v) is 5.51. The van der Waals surface area contributed by atoms with E-state index in [-0.39, 0.29) is 19.5 Å². The molecule has 0 fully saturated rings. The van der Waals surface area contributed by atoms with E-state index in [0.29, 0.717) is 0 Å². The zero-order valence-electron chi connectivity index (χ0n) is 9.91. The predicted molar refractivity (Wildman–Crippen MR) is 64.9 cm³/mol. The molecule has 0 saturated carbocycles. The number of nitrogens with one attached hydrogen (secondary N) is 1. The average Bonchev–Trinajstić information content (AvgIpc) is 2.34. The minimum absolute atomic E-state index is 0.0684. The summed E-state index contributed by atoms with van der Waals surface area (Å²) in [5.74, 6) is -1.04. The van der Waals surface area contributed by atoms with Crippen LogP contribution < -0.4 is 4.72 Å². The summed E-state index contributed by atoms with van der Waals surface area (Å²) in [5.41, 5.74) is 0.778. The topological polar surface area (TPSA) is 99.6 Å².